The molecule has 3 heteroatoms. The van der Waals surface area contributed by atoms with Crippen LogP contribution in [0.1, 0.15) is 5.76 Å². The monoisotopic (exact) mass is 163 g/mol. The number of methoxy groups -OCH3 is 1. The number of hydrogen-bond donors (Lipinski definition) is 0. The van der Waals surface area contributed by atoms with Gasteiger partial charge < -0.3 is 9.26 Å². The molecule has 2 aromatic rings. The molecule has 1 aromatic heterocycles. The fraction of sp³-hybridized carbons (Fsp3) is 0.222. The zero-order valence-electron chi connectivity index (χ0n) is 7.00. The Kier molecular flexibility index (Phi) is 1.50. The van der Waals surface area contributed by atoms with Crippen molar-refractivity contribution < 1.29 is 9.26 Å². The molecule has 0 saturated carbocycles. The molecule has 0 unspecified atom stereocenters. The van der Waals surface area contributed by atoms with Gasteiger partial charge in [0.2, 0.25) is 0 Å². The first-order valence-electron chi connectivity index (χ1n) is 3.72. The predicted octanol–water partition coefficient (Wildman–Crippen LogP) is 2.14. The Labute approximate surface area is 69.9 Å². The van der Waals surface area contributed by atoms with Gasteiger partial charge in [0.25, 0.3) is 0 Å². The van der Waals surface area contributed by atoms with Crippen LogP contribution in [-0.2, 0) is 0 Å². The molecule has 2 rings (SSSR count). The van der Waals surface area contributed by atoms with Gasteiger partial charge >= 0.3 is 0 Å². The molecule has 0 atom stereocenters. The molecular weight excluding hydrogens is 154 g/mol. The van der Waals surface area contributed by atoms with Crippen molar-refractivity contribution in [1.29, 1.82) is 0 Å². The van der Waals surface area contributed by atoms with Crippen molar-refractivity contribution in [2.24, 2.45) is 0 Å². The number of ether oxygens (including phenoxy) is 1. The number of aryl methyl sites for hydroxylation is 1. The van der Waals surface area contributed by atoms with Gasteiger partial charge in [0, 0.05) is 0 Å². The fourth-order valence-corrected chi connectivity index (χ4v) is 1.28. The lowest BCUT2D eigenvalue weighted by atomic mass is 10.2. The van der Waals surface area contributed by atoms with E-state index < -0.39 is 0 Å². The summed E-state index contributed by atoms with van der Waals surface area (Å²) in [5.74, 6) is 1.61. The van der Waals surface area contributed by atoms with Crippen molar-refractivity contribution in [2.75, 3.05) is 7.11 Å². The maximum Gasteiger partial charge on any atom is 0.145 e. The van der Waals surface area contributed by atoms with Crippen molar-refractivity contribution in [2.45, 2.75) is 6.92 Å². The third-order valence-corrected chi connectivity index (χ3v) is 1.86. The molecule has 1 heterocycles. The molecule has 0 aliphatic carbocycles. The van der Waals surface area contributed by atoms with Crippen molar-refractivity contribution in [3.63, 3.8) is 0 Å². The molecule has 0 saturated heterocycles. The van der Waals surface area contributed by atoms with E-state index >= 15 is 0 Å². The van der Waals surface area contributed by atoms with E-state index in [1.54, 1.807) is 7.11 Å². The highest BCUT2D eigenvalue weighted by molar-refractivity contribution is 5.86. The topological polar surface area (TPSA) is 35.3 Å². The molecule has 0 aliphatic heterocycles. The van der Waals surface area contributed by atoms with E-state index in [0.717, 1.165) is 22.4 Å². The molecule has 12 heavy (non-hydrogen) atoms. The Balaban J connectivity index is 2.84. The maximum atomic E-state index is 5.17. The van der Waals surface area contributed by atoms with Gasteiger partial charge in [0.15, 0.2) is 0 Å². The summed E-state index contributed by atoms with van der Waals surface area (Å²) in [7, 11) is 1.64. The van der Waals surface area contributed by atoms with Crippen LogP contribution in [0.3, 0.4) is 0 Å². The summed E-state index contributed by atoms with van der Waals surface area (Å²) >= 11 is 0. The van der Waals surface area contributed by atoms with Gasteiger partial charge in [-0.15, -0.1) is 0 Å². The SMILES string of the molecule is COc1cccc2noc(C)c12. The summed E-state index contributed by atoms with van der Waals surface area (Å²) in [6.07, 6.45) is 0. The van der Waals surface area contributed by atoms with Crippen molar-refractivity contribution in [1.82, 2.24) is 5.16 Å². The average Bonchev–Trinajstić information content (AvgIpc) is 2.48. The predicted molar refractivity (Wildman–Crippen MR) is 45.3 cm³/mol. The molecule has 62 valence electrons. The van der Waals surface area contributed by atoms with E-state index in [-0.39, 0.29) is 0 Å². The molecule has 0 fully saturated rings. The maximum absolute atomic E-state index is 5.17. The first-order chi connectivity index (χ1) is 5.83. The molecule has 1 aromatic carbocycles. The Hall–Kier alpha value is -1.51. The molecular formula is C9H9NO2. The first kappa shape index (κ1) is 7.16. The van der Waals surface area contributed by atoms with Crippen molar-refractivity contribution >= 4 is 10.9 Å². The van der Waals surface area contributed by atoms with Gasteiger partial charge in [-0.05, 0) is 19.1 Å². The quantitative estimate of drug-likeness (QED) is 0.646. The van der Waals surface area contributed by atoms with E-state index in [2.05, 4.69) is 5.16 Å². The third kappa shape index (κ3) is 0.863. The minimum Gasteiger partial charge on any atom is -0.496 e. The van der Waals surface area contributed by atoms with Crippen molar-refractivity contribution in [3.8, 4) is 5.75 Å². The molecule has 0 N–H and O–H groups in total. The summed E-state index contributed by atoms with van der Waals surface area (Å²) < 4.78 is 10.2. The zero-order chi connectivity index (χ0) is 8.55. The second kappa shape index (κ2) is 2.52. The number of nitrogens with zero attached hydrogens (tertiary/aromatic N) is 1. The van der Waals surface area contributed by atoms with Gasteiger partial charge in [0.1, 0.15) is 17.0 Å². The molecule has 0 bridgehead atoms. The van der Waals surface area contributed by atoms with Crippen LogP contribution in [0.15, 0.2) is 22.7 Å². The van der Waals surface area contributed by atoms with Gasteiger partial charge in [-0.25, -0.2) is 0 Å². The Morgan fingerprint density at radius 2 is 2.25 bits per heavy atom. The lowest BCUT2D eigenvalue weighted by Gasteiger charge is -1.98. The fourth-order valence-electron chi connectivity index (χ4n) is 1.28. The summed E-state index contributed by atoms with van der Waals surface area (Å²) in [6, 6.07) is 5.68. The second-order valence-corrected chi connectivity index (χ2v) is 2.59. The van der Waals surface area contributed by atoms with Crippen LogP contribution in [0.2, 0.25) is 0 Å². The van der Waals surface area contributed by atoms with E-state index in [1.807, 2.05) is 25.1 Å². The molecule has 0 amide bonds. The molecule has 3 nitrogen and oxygen atoms in total. The average molecular weight is 163 g/mol. The minimum absolute atomic E-state index is 0.794. The number of benzene rings is 1. The highest BCUT2D eigenvalue weighted by atomic mass is 16.5. The van der Waals surface area contributed by atoms with Crippen molar-refractivity contribution in [3.05, 3.63) is 24.0 Å². The van der Waals surface area contributed by atoms with Gasteiger partial charge in [-0.3, -0.25) is 0 Å². The minimum atomic E-state index is 0.794. The van der Waals surface area contributed by atoms with E-state index in [4.69, 9.17) is 9.26 Å². The van der Waals surface area contributed by atoms with E-state index in [9.17, 15) is 0 Å². The molecule has 0 spiro atoms. The highest BCUT2D eigenvalue weighted by Crippen LogP contribution is 2.27. The molecule has 0 aliphatic rings. The van der Waals surface area contributed by atoms with Gasteiger partial charge in [-0.2, -0.15) is 0 Å². The summed E-state index contributed by atoms with van der Waals surface area (Å²) in [5, 5.41) is 4.83. The zero-order valence-corrected chi connectivity index (χ0v) is 7.00. The smallest absolute Gasteiger partial charge is 0.145 e. The standard InChI is InChI=1S/C9H9NO2/c1-6-9-7(10-12-6)4-3-5-8(9)11-2/h3-5H,1-2H3. The van der Waals surface area contributed by atoms with Crippen LogP contribution in [-0.4, -0.2) is 12.3 Å². The van der Waals surface area contributed by atoms with Crippen LogP contribution in [0.4, 0.5) is 0 Å². The summed E-state index contributed by atoms with van der Waals surface area (Å²) in [6.45, 7) is 1.87. The van der Waals surface area contributed by atoms with Gasteiger partial charge in [-0.1, -0.05) is 11.2 Å². The number of fused-ring (bicyclic) bond motifs is 1. The van der Waals surface area contributed by atoms with E-state index in [0.29, 0.717) is 0 Å². The van der Waals surface area contributed by atoms with E-state index in [1.165, 1.54) is 0 Å². The lowest BCUT2D eigenvalue weighted by Crippen LogP contribution is -1.83. The Morgan fingerprint density at radius 1 is 1.42 bits per heavy atom. The van der Waals surface area contributed by atoms with Crippen LogP contribution in [0.25, 0.3) is 10.9 Å². The summed E-state index contributed by atoms with van der Waals surface area (Å²) in [4.78, 5) is 0. The van der Waals surface area contributed by atoms with Crippen LogP contribution in [0, 0.1) is 6.92 Å². The van der Waals surface area contributed by atoms with Gasteiger partial charge in [0.05, 0.1) is 12.5 Å². The number of hydrogen-bond acceptors (Lipinski definition) is 3. The molecule has 0 radical (unpaired) electrons. The lowest BCUT2D eigenvalue weighted by molar-refractivity contribution is 0.401. The first-order valence-corrected chi connectivity index (χ1v) is 3.72. The largest absolute Gasteiger partial charge is 0.496 e. The normalized spacial score (nSPS) is 10.5. The van der Waals surface area contributed by atoms with Crippen LogP contribution < -0.4 is 4.74 Å². The number of rotatable bonds is 1. The Bertz CT molecular complexity index is 406. The highest BCUT2D eigenvalue weighted by Gasteiger charge is 2.08. The second-order valence-electron chi connectivity index (χ2n) is 2.59. The van der Waals surface area contributed by atoms with Crippen LogP contribution >= 0.6 is 0 Å². The summed E-state index contributed by atoms with van der Waals surface area (Å²) in [5.41, 5.74) is 0.840. The Morgan fingerprint density at radius 3 is 3.00 bits per heavy atom. The number of aromatic nitrogens is 1. The van der Waals surface area contributed by atoms with Crippen LogP contribution in [0.5, 0.6) is 5.75 Å². The third-order valence-electron chi connectivity index (χ3n) is 1.86.